The largest absolute Gasteiger partial charge is 0.481 e. The molecule has 5 nitrogen and oxygen atoms in total. The lowest BCUT2D eigenvalue weighted by Crippen LogP contribution is -2.59. The Kier molecular flexibility index (Phi) is 6.98. The summed E-state index contributed by atoms with van der Waals surface area (Å²) in [5.74, 6) is -1.06. The van der Waals surface area contributed by atoms with Crippen LogP contribution in [0.5, 0.6) is 0 Å². The lowest BCUT2D eigenvalue weighted by molar-refractivity contribution is -0.133. The number of aliphatic carboxylic acids is 1. The Bertz CT molecular complexity index is 925. The van der Waals surface area contributed by atoms with E-state index < -0.39 is 5.97 Å². The number of carboxylic acids is 1. The number of rotatable bonds is 5. The molecule has 1 aliphatic heterocycles. The summed E-state index contributed by atoms with van der Waals surface area (Å²) >= 11 is 13.5. The number of nitrogens with zero attached hydrogens (tertiary/aromatic N) is 2. The standard InChI is InChI=1S/C21H22Cl2N2O3S/c1-13-14(2)25(9-8-24(13)17-5-3-4-16(22)11-17)21(28)15-6-7-19(18(23)10-15)29-12-20(26)27/h3-7,10-11,13-14H,8-9,12H2,1-2H3,(H,26,27)/t13-,14-/m0/s1. The zero-order chi connectivity index (χ0) is 21.1. The van der Waals surface area contributed by atoms with Crippen LogP contribution in [0.4, 0.5) is 5.69 Å². The molecule has 2 aromatic rings. The predicted octanol–water partition coefficient (Wildman–Crippen LogP) is 4.91. The van der Waals surface area contributed by atoms with Crippen molar-refractivity contribution in [1.82, 2.24) is 4.90 Å². The van der Waals surface area contributed by atoms with Gasteiger partial charge in [0, 0.05) is 46.3 Å². The SMILES string of the molecule is C[C@H]1[C@H](C)N(c2cccc(Cl)c2)CCN1C(=O)c1ccc(SCC(=O)O)c(Cl)c1. The first-order valence-electron chi connectivity index (χ1n) is 9.25. The molecule has 1 heterocycles. The number of piperazine rings is 1. The molecule has 8 heteroatoms. The van der Waals surface area contributed by atoms with Crippen molar-refractivity contribution in [3.05, 3.63) is 58.1 Å². The lowest BCUT2D eigenvalue weighted by Gasteiger charge is -2.46. The number of hydrogen-bond donors (Lipinski definition) is 1. The summed E-state index contributed by atoms with van der Waals surface area (Å²) in [4.78, 5) is 28.6. The highest BCUT2D eigenvalue weighted by molar-refractivity contribution is 8.00. The Morgan fingerprint density at radius 1 is 1.10 bits per heavy atom. The minimum absolute atomic E-state index is 0.00457. The minimum atomic E-state index is -0.911. The highest BCUT2D eigenvalue weighted by Crippen LogP contribution is 2.30. The molecule has 0 bridgehead atoms. The van der Waals surface area contributed by atoms with E-state index in [1.807, 2.05) is 36.1 Å². The van der Waals surface area contributed by atoms with Crippen LogP contribution in [0.15, 0.2) is 47.4 Å². The predicted molar refractivity (Wildman–Crippen MR) is 119 cm³/mol. The molecule has 1 amide bonds. The summed E-state index contributed by atoms with van der Waals surface area (Å²) in [6, 6.07) is 12.9. The molecule has 1 aliphatic rings. The highest BCUT2D eigenvalue weighted by Gasteiger charge is 2.34. The van der Waals surface area contributed by atoms with Gasteiger partial charge in [-0.1, -0.05) is 29.3 Å². The summed E-state index contributed by atoms with van der Waals surface area (Å²) in [7, 11) is 0. The fraction of sp³-hybridized carbons (Fsp3) is 0.333. The van der Waals surface area contributed by atoms with Gasteiger partial charge in [0.1, 0.15) is 0 Å². The maximum atomic E-state index is 13.1. The van der Waals surface area contributed by atoms with Gasteiger partial charge in [0.05, 0.1) is 10.8 Å². The van der Waals surface area contributed by atoms with Crippen LogP contribution in [0.25, 0.3) is 0 Å². The van der Waals surface area contributed by atoms with Crippen molar-refractivity contribution in [3.63, 3.8) is 0 Å². The van der Waals surface area contributed by atoms with Gasteiger partial charge in [0.25, 0.3) is 5.91 Å². The van der Waals surface area contributed by atoms with E-state index in [2.05, 4.69) is 11.8 Å². The van der Waals surface area contributed by atoms with Gasteiger partial charge >= 0.3 is 5.97 Å². The first kappa shape index (κ1) is 21.8. The van der Waals surface area contributed by atoms with Crippen LogP contribution in [0.1, 0.15) is 24.2 Å². The maximum Gasteiger partial charge on any atom is 0.313 e. The van der Waals surface area contributed by atoms with Gasteiger partial charge in [0.15, 0.2) is 0 Å². The van der Waals surface area contributed by atoms with E-state index in [9.17, 15) is 9.59 Å². The van der Waals surface area contributed by atoms with Crippen LogP contribution in [0.3, 0.4) is 0 Å². The molecule has 0 saturated carbocycles. The van der Waals surface area contributed by atoms with Gasteiger partial charge in [-0.05, 0) is 50.2 Å². The smallest absolute Gasteiger partial charge is 0.313 e. The average molecular weight is 453 g/mol. The lowest BCUT2D eigenvalue weighted by atomic mass is 10.0. The monoisotopic (exact) mass is 452 g/mol. The number of thioether (sulfide) groups is 1. The molecule has 0 aromatic heterocycles. The number of carbonyl (C=O) groups is 2. The third-order valence-electron chi connectivity index (χ3n) is 5.19. The van der Waals surface area contributed by atoms with Crippen molar-refractivity contribution in [2.45, 2.75) is 30.8 Å². The number of carbonyl (C=O) groups excluding carboxylic acids is 1. The molecule has 2 aromatic carbocycles. The average Bonchev–Trinajstić information content (AvgIpc) is 2.68. The molecular formula is C21H22Cl2N2O3S. The van der Waals surface area contributed by atoms with Crippen LogP contribution in [-0.2, 0) is 4.79 Å². The number of benzene rings is 2. The molecule has 1 N–H and O–H groups in total. The number of carboxylic acid groups (broad SMARTS) is 1. The fourth-order valence-electron chi connectivity index (χ4n) is 3.51. The number of hydrogen-bond acceptors (Lipinski definition) is 4. The Morgan fingerprint density at radius 3 is 2.52 bits per heavy atom. The molecule has 0 unspecified atom stereocenters. The molecule has 154 valence electrons. The molecule has 1 fully saturated rings. The first-order valence-corrected chi connectivity index (χ1v) is 11.0. The first-order chi connectivity index (χ1) is 13.8. The zero-order valence-electron chi connectivity index (χ0n) is 16.1. The summed E-state index contributed by atoms with van der Waals surface area (Å²) in [5.41, 5.74) is 1.55. The van der Waals surface area contributed by atoms with Crippen LogP contribution in [0.2, 0.25) is 10.0 Å². The topological polar surface area (TPSA) is 60.9 Å². The Labute approximate surface area is 184 Å². The van der Waals surface area contributed by atoms with Gasteiger partial charge in [-0.3, -0.25) is 9.59 Å². The van der Waals surface area contributed by atoms with E-state index in [1.54, 1.807) is 18.2 Å². The molecular weight excluding hydrogens is 431 g/mol. The molecule has 0 aliphatic carbocycles. The Balaban J connectivity index is 1.73. The highest BCUT2D eigenvalue weighted by atomic mass is 35.5. The van der Waals surface area contributed by atoms with Crippen molar-refractivity contribution in [2.75, 3.05) is 23.7 Å². The van der Waals surface area contributed by atoms with Crippen LogP contribution in [-0.4, -0.2) is 52.8 Å². The minimum Gasteiger partial charge on any atom is -0.481 e. The molecule has 1 saturated heterocycles. The van der Waals surface area contributed by atoms with Crippen molar-refractivity contribution in [2.24, 2.45) is 0 Å². The second-order valence-electron chi connectivity index (χ2n) is 6.98. The number of anilines is 1. The van der Waals surface area contributed by atoms with Crippen LogP contribution in [0, 0.1) is 0 Å². The molecule has 0 radical (unpaired) electrons. The second-order valence-corrected chi connectivity index (χ2v) is 8.84. The normalized spacial score (nSPS) is 19.3. The summed E-state index contributed by atoms with van der Waals surface area (Å²) in [5, 5.41) is 9.90. The molecule has 0 spiro atoms. The fourth-order valence-corrected chi connectivity index (χ4v) is 4.67. The van der Waals surface area contributed by atoms with E-state index in [-0.39, 0.29) is 23.7 Å². The van der Waals surface area contributed by atoms with E-state index in [4.69, 9.17) is 28.3 Å². The van der Waals surface area contributed by atoms with Gasteiger partial charge in [0.2, 0.25) is 0 Å². The zero-order valence-corrected chi connectivity index (χ0v) is 18.5. The van der Waals surface area contributed by atoms with E-state index >= 15 is 0 Å². The summed E-state index contributed by atoms with van der Waals surface area (Å²) < 4.78 is 0. The summed E-state index contributed by atoms with van der Waals surface area (Å²) in [6.07, 6.45) is 0. The van der Waals surface area contributed by atoms with E-state index in [0.717, 1.165) is 17.4 Å². The van der Waals surface area contributed by atoms with Crippen molar-refractivity contribution in [3.8, 4) is 0 Å². The molecule has 2 atom stereocenters. The quantitative estimate of drug-likeness (QED) is 0.652. The van der Waals surface area contributed by atoms with Crippen LogP contribution < -0.4 is 4.90 Å². The van der Waals surface area contributed by atoms with Crippen molar-refractivity contribution < 1.29 is 14.7 Å². The Hall–Kier alpha value is -1.89. The molecule has 29 heavy (non-hydrogen) atoms. The van der Waals surface area contributed by atoms with Gasteiger partial charge in [-0.2, -0.15) is 0 Å². The Morgan fingerprint density at radius 2 is 1.86 bits per heavy atom. The van der Waals surface area contributed by atoms with Gasteiger partial charge in [-0.25, -0.2) is 0 Å². The van der Waals surface area contributed by atoms with Crippen molar-refractivity contribution >= 4 is 52.5 Å². The van der Waals surface area contributed by atoms with Crippen molar-refractivity contribution in [1.29, 1.82) is 0 Å². The van der Waals surface area contributed by atoms with E-state index in [1.165, 1.54) is 0 Å². The second kappa shape index (κ2) is 9.28. The third-order valence-corrected chi connectivity index (χ3v) is 6.91. The van der Waals surface area contributed by atoms with Gasteiger partial charge in [-0.15, -0.1) is 11.8 Å². The number of amides is 1. The van der Waals surface area contributed by atoms with Gasteiger partial charge < -0.3 is 14.9 Å². The maximum absolute atomic E-state index is 13.1. The van der Waals surface area contributed by atoms with Crippen LogP contribution >= 0.6 is 35.0 Å². The number of halogens is 2. The third kappa shape index (κ3) is 5.00. The van der Waals surface area contributed by atoms with E-state index in [0.29, 0.717) is 33.6 Å². The summed E-state index contributed by atoms with van der Waals surface area (Å²) in [6.45, 7) is 5.43. The molecule has 3 rings (SSSR count).